The Morgan fingerprint density at radius 3 is 1.82 bits per heavy atom. The van der Waals surface area contributed by atoms with Gasteiger partial charge in [-0.2, -0.15) is 0 Å². The summed E-state index contributed by atoms with van der Waals surface area (Å²) in [5.41, 5.74) is 25.2. The summed E-state index contributed by atoms with van der Waals surface area (Å²) in [4.78, 5) is 21.1. The van der Waals surface area contributed by atoms with E-state index in [1.165, 1.54) is 0 Å². The van der Waals surface area contributed by atoms with Crippen molar-refractivity contribution in [3.63, 3.8) is 0 Å². The van der Waals surface area contributed by atoms with Crippen LogP contribution in [0.3, 0.4) is 0 Å². The number of hydrazone groups is 1. The number of rotatable bonds is 6. The number of carbonyl (C=O) groups is 2. The van der Waals surface area contributed by atoms with Crippen LogP contribution in [-0.2, 0) is 0 Å². The predicted octanol–water partition coefficient (Wildman–Crippen LogP) is 2.27. The van der Waals surface area contributed by atoms with Gasteiger partial charge in [-0.05, 0) is 48.5 Å². The molecule has 2 rings (SSSR count). The lowest BCUT2D eigenvalue weighted by Gasteiger charge is -2.05. The third-order valence-corrected chi connectivity index (χ3v) is 2.90. The minimum Gasteiger partial charge on any atom is -0.365 e. The molecule has 0 saturated carbocycles. The van der Waals surface area contributed by atoms with Gasteiger partial charge in [-0.3, -0.25) is 16.3 Å². The van der Waals surface area contributed by atoms with Crippen LogP contribution < -0.4 is 33.5 Å². The van der Waals surface area contributed by atoms with E-state index in [4.69, 9.17) is 17.2 Å². The summed E-state index contributed by atoms with van der Waals surface area (Å²) >= 11 is 0. The minimum atomic E-state index is -0.877. The van der Waals surface area contributed by atoms with Gasteiger partial charge in [0.2, 0.25) is 0 Å². The van der Waals surface area contributed by atoms with Crippen LogP contribution in [0.1, 0.15) is 0 Å². The Kier molecular flexibility index (Phi) is 6.93. The molecule has 0 spiro atoms. The number of urea groups is 2. The zero-order chi connectivity index (χ0) is 20.4. The van der Waals surface area contributed by atoms with E-state index in [1.54, 1.807) is 48.5 Å². The van der Waals surface area contributed by atoms with Crippen LogP contribution in [0.5, 0.6) is 0 Å². The Hall–Kier alpha value is -4.55. The van der Waals surface area contributed by atoms with Crippen LogP contribution in [-0.4, -0.2) is 18.0 Å². The molecule has 0 fully saturated rings. The lowest BCUT2D eigenvalue weighted by Crippen LogP contribution is -2.34. The van der Waals surface area contributed by atoms with E-state index in [-0.39, 0.29) is 5.96 Å². The Labute approximate surface area is 158 Å². The fourth-order valence-corrected chi connectivity index (χ4v) is 1.71. The number of nitrogens with zero attached hydrogens (tertiary/aromatic N) is 5. The van der Waals surface area contributed by atoms with Crippen LogP contribution in [0.2, 0.25) is 0 Å². The first-order valence-corrected chi connectivity index (χ1v) is 7.66. The molecule has 0 atom stereocenters. The van der Waals surface area contributed by atoms with Crippen molar-refractivity contribution in [2.24, 2.45) is 42.8 Å². The quantitative estimate of drug-likeness (QED) is 0.191. The molecule has 0 saturated heterocycles. The highest BCUT2D eigenvalue weighted by Gasteiger charge is 1.96. The first-order chi connectivity index (χ1) is 13.4. The van der Waals surface area contributed by atoms with E-state index in [2.05, 4.69) is 41.8 Å². The van der Waals surface area contributed by atoms with E-state index in [9.17, 15) is 9.59 Å². The predicted molar refractivity (Wildman–Crippen MR) is 103 cm³/mol. The normalized spacial score (nSPS) is 11.5. The maximum atomic E-state index is 10.6. The summed E-state index contributed by atoms with van der Waals surface area (Å²) in [6.45, 7) is 0. The van der Waals surface area contributed by atoms with Gasteiger partial charge in [0.1, 0.15) is 0 Å². The molecule has 0 aliphatic rings. The van der Waals surface area contributed by atoms with Gasteiger partial charge >= 0.3 is 12.1 Å². The highest BCUT2D eigenvalue weighted by Crippen LogP contribution is 2.17. The van der Waals surface area contributed by atoms with Gasteiger partial charge in [-0.1, -0.05) is 5.11 Å². The van der Waals surface area contributed by atoms with Gasteiger partial charge in [0.05, 0.1) is 22.7 Å². The number of guanidine groups is 1. The second-order valence-corrected chi connectivity index (χ2v) is 5.03. The molecule has 2 aromatic rings. The van der Waals surface area contributed by atoms with Gasteiger partial charge in [0.15, 0.2) is 0 Å². The molecule has 144 valence electrons. The summed E-state index contributed by atoms with van der Waals surface area (Å²) < 4.78 is 0. The topological polar surface area (TPSA) is 210 Å². The highest BCUT2D eigenvalue weighted by atomic mass is 16.2. The van der Waals surface area contributed by atoms with Crippen molar-refractivity contribution >= 4 is 40.8 Å². The Morgan fingerprint density at radius 1 is 0.750 bits per heavy atom. The van der Waals surface area contributed by atoms with Crippen LogP contribution in [0.15, 0.2) is 74.1 Å². The maximum absolute atomic E-state index is 10.6. The molecule has 0 aromatic heterocycles. The molecule has 0 unspecified atom stereocenters. The largest absolute Gasteiger partial charge is 0.365 e. The summed E-state index contributed by atoms with van der Waals surface area (Å²) in [5.74, 6) is -0.102. The molecule has 0 radical (unpaired) electrons. The van der Waals surface area contributed by atoms with Crippen molar-refractivity contribution in [1.29, 1.82) is 0 Å². The average Bonchev–Trinajstić information content (AvgIpc) is 2.69. The summed E-state index contributed by atoms with van der Waals surface area (Å²) in [5, 5.41) is 18.4. The molecule has 0 heterocycles. The van der Waals surface area contributed by atoms with Crippen molar-refractivity contribution in [2.45, 2.75) is 0 Å². The zero-order valence-electron chi connectivity index (χ0n) is 14.4. The number of amides is 4. The SMILES string of the molecule is NC(=O)N=Nc1ccc(NN=C(N)N=Nc2ccc(NNC(N)=O)cc2)cc1. The second kappa shape index (κ2) is 9.81. The van der Waals surface area contributed by atoms with Crippen LogP contribution >= 0.6 is 0 Å². The number of hydrogen-bond donors (Lipinski definition) is 6. The summed E-state index contributed by atoms with van der Waals surface area (Å²) in [6.07, 6.45) is 0. The second-order valence-electron chi connectivity index (χ2n) is 5.03. The third-order valence-electron chi connectivity index (χ3n) is 2.90. The summed E-state index contributed by atoms with van der Waals surface area (Å²) in [6, 6.07) is 11.5. The number of benzene rings is 2. The van der Waals surface area contributed by atoms with E-state index >= 15 is 0 Å². The monoisotopic (exact) mass is 383 g/mol. The third kappa shape index (κ3) is 7.14. The molecule has 9 N–H and O–H groups in total. The van der Waals surface area contributed by atoms with Gasteiger partial charge in [-0.15, -0.1) is 20.4 Å². The van der Waals surface area contributed by atoms with Crippen molar-refractivity contribution in [3.8, 4) is 0 Å². The maximum Gasteiger partial charge on any atom is 0.356 e. The molecule has 13 nitrogen and oxygen atoms in total. The molecular formula is C15H17N11O2. The van der Waals surface area contributed by atoms with Crippen LogP contribution in [0, 0.1) is 0 Å². The Morgan fingerprint density at radius 2 is 1.29 bits per heavy atom. The number of primary amides is 2. The molecule has 28 heavy (non-hydrogen) atoms. The van der Waals surface area contributed by atoms with Crippen molar-refractivity contribution < 1.29 is 9.59 Å². The van der Waals surface area contributed by atoms with Gasteiger partial charge in [0, 0.05) is 0 Å². The standard InChI is InChI=1S/C15H17N11O2/c16-13(23-19-9-1-5-11(6-2-9)21-25-14(17)27)24-20-10-3-7-12(8-4-10)22-26-15(18)28/h1-8,19,22H,(H2,16,23)(H2,17,27)(H3,18,26,28). The zero-order valence-corrected chi connectivity index (χ0v) is 14.4. The Balaban J connectivity index is 1.89. The molecule has 13 heteroatoms. The van der Waals surface area contributed by atoms with Crippen LogP contribution in [0.4, 0.5) is 32.3 Å². The molecule has 0 aliphatic heterocycles. The number of nitrogens with two attached hydrogens (primary N) is 3. The first kappa shape index (κ1) is 19.8. The summed E-state index contributed by atoms with van der Waals surface area (Å²) in [7, 11) is 0. The van der Waals surface area contributed by atoms with Crippen molar-refractivity contribution in [3.05, 3.63) is 48.5 Å². The molecule has 0 bridgehead atoms. The van der Waals surface area contributed by atoms with Gasteiger partial charge in [0.25, 0.3) is 5.96 Å². The number of azo groups is 2. The van der Waals surface area contributed by atoms with E-state index < -0.39 is 12.1 Å². The number of hydrogen-bond acceptors (Lipinski definition) is 7. The highest BCUT2D eigenvalue weighted by molar-refractivity contribution is 5.79. The number of hydrazine groups is 1. The van der Waals surface area contributed by atoms with Crippen molar-refractivity contribution in [2.75, 3.05) is 10.9 Å². The van der Waals surface area contributed by atoms with Gasteiger partial charge in [-0.25, -0.2) is 9.59 Å². The van der Waals surface area contributed by atoms with E-state index in [0.29, 0.717) is 22.7 Å². The fourth-order valence-electron chi connectivity index (χ4n) is 1.71. The van der Waals surface area contributed by atoms with E-state index in [1.807, 2.05) is 0 Å². The first-order valence-electron chi connectivity index (χ1n) is 7.66. The van der Waals surface area contributed by atoms with Crippen molar-refractivity contribution in [1.82, 2.24) is 5.43 Å². The number of nitrogens with one attached hydrogen (secondary N) is 3. The Bertz CT molecular complexity index is 905. The fraction of sp³-hybridized carbons (Fsp3) is 0. The molecule has 4 amide bonds. The molecular weight excluding hydrogens is 366 g/mol. The number of anilines is 2. The van der Waals surface area contributed by atoms with Gasteiger partial charge < -0.3 is 17.2 Å². The smallest absolute Gasteiger partial charge is 0.356 e. The molecule has 0 aliphatic carbocycles. The molecule has 2 aromatic carbocycles. The van der Waals surface area contributed by atoms with E-state index in [0.717, 1.165) is 0 Å². The van der Waals surface area contributed by atoms with Crippen LogP contribution in [0.25, 0.3) is 0 Å². The average molecular weight is 383 g/mol. The lowest BCUT2D eigenvalue weighted by atomic mass is 10.3. The number of carbonyl (C=O) groups excluding carboxylic acids is 2. The lowest BCUT2D eigenvalue weighted by molar-refractivity contribution is 0.250. The minimum absolute atomic E-state index is 0.102.